The highest BCUT2D eigenvalue weighted by atomic mass is 14.5. The Balaban J connectivity index is 1.33. The van der Waals surface area contributed by atoms with E-state index in [0.717, 1.165) is 24.2 Å². The van der Waals surface area contributed by atoms with Gasteiger partial charge in [-0.25, -0.2) is 0 Å². The molecule has 4 N–H and O–H groups in total. The number of rotatable bonds is 18. The van der Waals surface area contributed by atoms with Crippen molar-refractivity contribution in [1.82, 2.24) is 0 Å². The van der Waals surface area contributed by atoms with Gasteiger partial charge in [0.2, 0.25) is 0 Å². The fraction of sp³-hybridized carbons (Fsp3) is 0.415. The molecule has 4 aromatic rings. The zero-order valence-corrected chi connectivity index (χ0v) is 26.8. The van der Waals surface area contributed by atoms with Crippen LogP contribution in [0.1, 0.15) is 116 Å². The first-order valence-electron chi connectivity index (χ1n) is 16.9. The van der Waals surface area contributed by atoms with E-state index < -0.39 is 0 Å². The van der Waals surface area contributed by atoms with Crippen molar-refractivity contribution in [3.05, 3.63) is 129 Å². The molecule has 0 spiro atoms. The summed E-state index contributed by atoms with van der Waals surface area (Å²) >= 11 is 0. The highest BCUT2D eigenvalue weighted by Gasteiger charge is 2.08. The minimum Gasteiger partial charge on any atom is -0.399 e. The Bertz CT molecular complexity index is 1260. The zero-order chi connectivity index (χ0) is 30.3. The molecule has 228 valence electrons. The number of unbranched alkanes of at least 4 members (excludes halogenated alkanes) is 6. The van der Waals surface area contributed by atoms with Crippen LogP contribution in [-0.4, -0.2) is 0 Å². The molecule has 4 rings (SSSR count). The number of aryl methyl sites for hydroxylation is 4. The molecular weight excluding hydrogens is 520 g/mol. The summed E-state index contributed by atoms with van der Waals surface area (Å²) in [7, 11) is 0. The molecule has 0 amide bonds. The molecule has 0 aliphatic heterocycles. The molecule has 0 saturated carbocycles. The third-order valence-corrected chi connectivity index (χ3v) is 8.81. The van der Waals surface area contributed by atoms with Gasteiger partial charge < -0.3 is 11.5 Å². The second-order valence-electron chi connectivity index (χ2n) is 12.5. The Morgan fingerprint density at radius 1 is 0.372 bits per heavy atom. The molecule has 0 unspecified atom stereocenters. The number of hydrogen-bond acceptors (Lipinski definition) is 2. The van der Waals surface area contributed by atoms with E-state index in [9.17, 15) is 0 Å². The third-order valence-electron chi connectivity index (χ3n) is 8.81. The van der Waals surface area contributed by atoms with Crippen LogP contribution in [0.4, 0.5) is 11.4 Å². The molecule has 0 atom stereocenters. The predicted octanol–water partition coefficient (Wildman–Crippen LogP) is 10.5. The van der Waals surface area contributed by atoms with Gasteiger partial charge in [0.1, 0.15) is 0 Å². The van der Waals surface area contributed by atoms with Crippen LogP contribution in [0.2, 0.25) is 0 Å². The average molecular weight is 575 g/mol. The van der Waals surface area contributed by atoms with Crippen LogP contribution in [0, 0.1) is 0 Å². The summed E-state index contributed by atoms with van der Waals surface area (Å²) in [6.07, 6.45) is 18.2. The standard InChI is InChI=1S/C41H54N2/c1-3-5-8-14-38-30-34(28-32-18-24-40(42)25-19-32)16-22-36(38)12-10-7-11-13-37-23-17-35(31-39(37)15-9-6-4-2)29-33-20-26-41(43)27-21-33/h16-27,30-31H,3-15,28-29,42-43H2,1-2H3. The van der Waals surface area contributed by atoms with E-state index in [1.807, 2.05) is 24.3 Å². The van der Waals surface area contributed by atoms with Gasteiger partial charge in [0.05, 0.1) is 0 Å². The lowest BCUT2D eigenvalue weighted by molar-refractivity contribution is 0.662. The largest absolute Gasteiger partial charge is 0.399 e. The highest BCUT2D eigenvalue weighted by molar-refractivity contribution is 5.43. The Hall–Kier alpha value is -3.52. The Morgan fingerprint density at radius 3 is 1.12 bits per heavy atom. The fourth-order valence-corrected chi connectivity index (χ4v) is 6.21. The lowest BCUT2D eigenvalue weighted by atomic mass is 9.91. The molecule has 2 heteroatoms. The van der Waals surface area contributed by atoms with E-state index in [1.54, 1.807) is 22.3 Å². The van der Waals surface area contributed by atoms with Crippen LogP contribution in [0.3, 0.4) is 0 Å². The molecular formula is C41H54N2. The Labute approximate surface area is 261 Å². The maximum absolute atomic E-state index is 5.90. The molecule has 0 aromatic heterocycles. The van der Waals surface area contributed by atoms with Gasteiger partial charge in [-0.3, -0.25) is 0 Å². The summed E-state index contributed by atoms with van der Waals surface area (Å²) in [6, 6.07) is 31.2. The van der Waals surface area contributed by atoms with E-state index in [4.69, 9.17) is 11.5 Å². The van der Waals surface area contributed by atoms with Gasteiger partial charge in [-0.1, -0.05) is 107 Å². The van der Waals surface area contributed by atoms with Crippen molar-refractivity contribution in [3.63, 3.8) is 0 Å². The van der Waals surface area contributed by atoms with Crippen molar-refractivity contribution >= 4 is 11.4 Å². The normalized spacial score (nSPS) is 11.2. The maximum Gasteiger partial charge on any atom is 0.0314 e. The SMILES string of the molecule is CCCCCc1cc(Cc2ccc(N)cc2)ccc1CCCCCc1ccc(Cc2ccc(N)cc2)cc1CCCCC. The monoisotopic (exact) mass is 574 g/mol. The molecule has 4 aromatic carbocycles. The van der Waals surface area contributed by atoms with Crippen LogP contribution >= 0.6 is 0 Å². The van der Waals surface area contributed by atoms with Crippen molar-refractivity contribution in [2.24, 2.45) is 0 Å². The van der Waals surface area contributed by atoms with Gasteiger partial charge in [-0.05, 0) is 133 Å². The summed E-state index contributed by atoms with van der Waals surface area (Å²) in [4.78, 5) is 0. The second-order valence-corrected chi connectivity index (χ2v) is 12.5. The van der Waals surface area contributed by atoms with Crippen molar-refractivity contribution < 1.29 is 0 Å². The first-order chi connectivity index (χ1) is 21.0. The van der Waals surface area contributed by atoms with E-state index in [1.165, 1.54) is 106 Å². The maximum atomic E-state index is 5.90. The number of nitrogen functional groups attached to an aromatic ring is 2. The first kappa shape index (κ1) is 32.4. The second kappa shape index (κ2) is 17.6. The summed E-state index contributed by atoms with van der Waals surface area (Å²) in [6.45, 7) is 4.59. The zero-order valence-electron chi connectivity index (χ0n) is 26.8. The van der Waals surface area contributed by atoms with E-state index >= 15 is 0 Å². The van der Waals surface area contributed by atoms with Crippen LogP contribution in [0.25, 0.3) is 0 Å². The van der Waals surface area contributed by atoms with Crippen LogP contribution < -0.4 is 11.5 Å². The van der Waals surface area contributed by atoms with Gasteiger partial charge in [-0.2, -0.15) is 0 Å². The smallest absolute Gasteiger partial charge is 0.0314 e. The molecule has 0 radical (unpaired) electrons. The lowest BCUT2D eigenvalue weighted by Crippen LogP contribution is -2.00. The number of benzene rings is 4. The number of hydrogen-bond donors (Lipinski definition) is 2. The third kappa shape index (κ3) is 10.9. The molecule has 2 nitrogen and oxygen atoms in total. The van der Waals surface area contributed by atoms with Crippen LogP contribution in [-0.2, 0) is 38.5 Å². The van der Waals surface area contributed by atoms with E-state index in [0.29, 0.717) is 0 Å². The average Bonchev–Trinajstić information content (AvgIpc) is 3.01. The van der Waals surface area contributed by atoms with Crippen molar-refractivity contribution in [1.29, 1.82) is 0 Å². The molecule has 0 heterocycles. The van der Waals surface area contributed by atoms with Gasteiger partial charge in [0, 0.05) is 11.4 Å². The summed E-state index contributed by atoms with van der Waals surface area (Å²) in [5.74, 6) is 0. The Morgan fingerprint density at radius 2 is 0.721 bits per heavy atom. The highest BCUT2D eigenvalue weighted by Crippen LogP contribution is 2.23. The molecule has 43 heavy (non-hydrogen) atoms. The quantitative estimate of drug-likeness (QED) is 0.0917. The lowest BCUT2D eigenvalue weighted by Gasteiger charge is -2.14. The van der Waals surface area contributed by atoms with Gasteiger partial charge in [0.15, 0.2) is 0 Å². The van der Waals surface area contributed by atoms with Gasteiger partial charge in [-0.15, -0.1) is 0 Å². The first-order valence-corrected chi connectivity index (χ1v) is 16.9. The fourth-order valence-electron chi connectivity index (χ4n) is 6.21. The molecule has 0 fully saturated rings. The summed E-state index contributed by atoms with van der Waals surface area (Å²) in [5, 5.41) is 0. The molecule has 0 aliphatic rings. The van der Waals surface area contributed by atoms with E-state index in [-0.39, 0.29) is 0 Å². The van der Waals surface area contributed by atoms with Crippen molar-refractivity contribution in [3.8, 4) is 0 Å². The molecule has 0 saturated heterocycles. The Kier molecular flexibility index (Phi) is 13.2. The number of anilines is 2. The minimum atomic E-state index is 0.832. The minimum absolute atomic E-state index is 0.832. The topological polar surface area (TPSA) is 52.0 Å². The van der Waals surface area contributed by atoms with Gasteiger partial charge in [0.25, 0.3) is 0 Å². The number of nitrogens with two attached hydrogens (primary N) is 2. The van der Waals surface area contributed by atoms with Gasteiger partial charge >= 0.3 is 0 Å². The van der Waals surface area contributed by atoms with Crippen LogP contribution in [0.5, 0.6) is 0 Å². The van der Waals surface area contributed by atoms with Crippen molar-refractivity contribution in [2.75, 3.05) is 11.5 Å². The predicted molar refractivity (Wildman–Crippen MR) is 188 cm³/mol. The van der Waals surface area contributed by atoms with E-state index in [2.05, 4.69) is 74.5 Å². The molecule has 0 aliphatic carbocycles. The summed E-state index contributed by atoms with van der Waals surface area (Å²) in [5.41, 5.74) is 25.2. The van der Waals surface area contributed by atoms with Crippen molar-refractivity contribution in [2.45, 2.75) is 110 Å². The van der Waals surface area contributed by atoms with Crippen LogP contribution in [0.15, 0.2) is 84.9 Å². The molecule has 0 bridgehead atoms. The summed E-state index contributed by atoms with van der Waals surface area (Å²) < 4.78 is 0.